The van der Waals surface area contributed by atoms with Crippen LogP contribution in [0.1, 0.15) is 25.8 Å². The zero-order valence-electron chi connectivity index (χ0n) is 8.16. The van der Waals surface area contributed by atoms with E-state index in [1.807, 2.05) is 24.3 Å². The lowest BCUT2D eigenvalue weighted by molar-refractivity contribution is 0.0497. The summed E-state index contributed by atoms with van der Waals surface area (Å²) in [5.74, 6) is 0. The van der Waals surface area contributed by atoms with E-state index in [-0.39, 0.29) is 0 Å². The van der Waals surface area contributed by atoms with Gasteiger partial charge in [0.2, 0.25) is 0 Å². The molecule has 0 bridgehead atoms. The first kappa shape index (κ1) is 10.6. The van der Waals surface area contributed by atoms with Crippen LogP contribution in [0.25, 0.3) is 0 Å². The van der Waals surface area contributed by atoms with Crippen LogP contribution < -0.4 is 0 Å². The Morgan fingerprint density at radius 3 is 2.69 bits per heavy atom. The van der Waals surface area contributed by atoms with Crippen LogP contribution in [0.5, 0.6) is 0 Å². The summed E-state index contributed by atoms with van der Waals surface area (Å²) in [7, 11) is 0. The maximum absolute atomic E-state index is 5.61. The Morgan fingerprint density at radius 2 is 2.08 bits per heavy atom. The molecule has 0 aromatic heterocycles. The van der Waals surface area contributed by atoms with Crippen LogP contribution in [0.15, 0.2) is 29.2 Å². The molecule has 0 spiro atoms. The van der Waals surface area contributed by atoms with E-state index in [9.17, 15) is 0 Å². The summed E-state index contributed by atoms with van der Waals surface area (Å²) in [6, 6.07) is 8.02. The van der Waals surface area contributed by atoms with Gasteiger partial charge in [-0.15, -0.1) is 12.6 Å². The van der Waals surface area contributed by atoms with Gasteiger partial charge in [-0.25, -0.2) is 0 Å². The highest BCUT2D eigenvalue weighted by molar-refractivity contribution is 7.80. The van der Waals surface area contributed by atoms with E-state index in [2.05, 4.69) is 26.5 Å². The second-order valence-electron chi connectivity index (χ2n) is 3.16. The smallest absolute Gasteiger partial charge is 0.0731 e. The fourth-order valence-electron chi connectivity index (χ4n) is 0.983. The van der Waals surface area contributed by atoms with Gasteiger partial charge in [-0.1, -0.05) is 25.1 Å². The molecule has 0 aliphatic heterocycles. The molecule has 0 amide bonds. The fraction of sp³-hybridized carbons (Fsp3) is 0.455. The zero-order chi connectivity index (χ0) is 9.68. The summed E-state index contributed by atoms with van der Waals surface area (Å²) in [5.41, 5.74) is 1.16. The van der Waals surface area contributed by atoms with E-state index in [0.29, 0.717) is 12.7 Å². The van der Waals surface area contributed by atoms with Gasteiger partial charge in [0, 0.05) is 4.90 Å². The van der Waals surface area contributed by atoms with Crippen molar-refractivity contribution >= 4 is 12.6 Å². The topological polar surface area (TPSA) is 9.23 Å². The number of ether oxygens (including phenoxy) is 1. The molecular weight excluding hydrogens is 180 g/mol. The molecule has 1 aromatic rings. The third kappa shape index (κ3) is 3.41. The number of hydrogen-bond acceptors (Lipinski definition) is 2. The van der Waals surface area contributed by atoms with Gasteiger partial charge in [0.1, 0.15) is 0 Å². The van der Waals surface area contributed by atoms with Gasteiger partial charge in [-0.2, -0.15) is 0 Å². The van der Waals surface area contributed by atoms with Crippen molar-refractivity contribution in [2.75, 3.05) is 0 Å². The summed E-state index contributed by atoms with van der Waals surface area (Å²) < 4.78 is 5.61. The number of thiol groups is 1. The quantitative estimate of drug-likeness (QED) is 0.727. The largest absolute Gasteiger partial charge is 0.374 e. The van der Waals surface area contributed by atoms with Crippen molar-refractivity contribution in [3.05, 3.63) is 29.8 Å². The highest BCUT2D eigenvalue weighted by atomic mass is 32.1. The predicted octanol–water partition coefficient (Wildman–Crippen LogP) is 3.29. The first-order valence-corrected chi connectivity index (χ1v) is 5.07. The fourth-order valence-corrected chi connectivity index (χ4v) is 1.21. The van der Waals surface area contributed by atoms with Gasteiger partial charge in [0.05, 0.1) is 12.7 Å². The third-order valence-corrected chi connectivity index (χ3v) is 2.53. The summed E-state index contributed by atoms with van der Waals surface area (Å²) in [6.07, 6.45) is 1.38. The molecule has 0 radical (unpaired) electrons. The first-order valence-electron chi connectivity index (χ1n) is 4.62. The Hall–Kier alpha value is -0.470. The van der Waals surface area contributed by atoms with Gasteiger partial charge in [-0.3, -0.25) is 0 Å². The van der Waals surface area contributed by atoms with E-state index in [4.69, 9.17) is 4.74 Å². The molecule has 0 heterocycles. The minimum Gasteiger partial charge on any atom is -0.374 e. The standard InChI is InChI=1S/C11H16OS/c1-3-9(2)12-8-10-6-4-5-7-11(10)13/h4-7,9,13H,3,8H2,1-2H3/t9-/m1/s1. The lowest BCUT2D eigenvalue weighted by Crippen LogP contribution is -2.06. The zero-order valence-corrected chi connectivity index (χ0v) is 9.05. The molecular formula is C11H16OS. The lowest BCUT2D eigenvalue weighted by atomic mass is 10.2. The molecule has 13 heavy (non-hydrogen) atoms. The summed E-state index contributed by atoms with van der Waals surface area (Å²) in [4.78, 5) is 1.01. The summed E-state index contributed by atoms with van der Waals surface area (Å²) in [6.45, 7) is 4.87. The van der Waals surface area contributed by atoms with Crippen LogP contribution >= 0.6 is 12.6 Å². The minimum absolute atomic E-state index is 0.327. The van der Waals surface area contributed by atoms with Crippen LogP contribution in [0, 0.1) is 0 Å². The molecule has 0 aliphatic carbocycles. The van der Waals surface area contributed by atoms with Gasteiger partial charge >= 0.3 is 0 Å². The molecule has 0 aliphatic rings. The van der Waals surface area contributed by atoms with Crippen molar-refractivity contribution in [1.82, 2.24) is 0 Å². The second kappa shape index (κ2) is 5.30. The molecule has 1 aromatic carbocycles. The molecule has 1 atom stereocenters. The minimum atomic E-state index is 0.327. The predicted molar refractivity (Wildman–Crippen MR) is 58.2 cm³/mol. The Bertz CT molecular complexity index is 260. The van der Waals surface area contributed by atoms with Crippen molar-refractivity contribution in [2.24, 2.45) is 0 Å². The van der Waals surface area contributed by atoms with Crippen LogP contribution in [-0.2, 0) is 11.3 Å². The van der Waals surface area contributed by atoms with Crippen molar-refractivity contribution in [2.45, 2.75) is 37.9 Å². The molecule has 0 unspecified atom stereocenters. The van der Waals surface area contributed by atoms with Crippen LogP contribution in [0.3, 0.4) is 0 Å². The van der Waals surface area contributed by atoms with Crippen molar-refractivity contribution in [1.29, 1.82) is 0 Å². The molecule has 1 rings (SSSR count). The van der Waals surface area contributed by atoms with Gasteiger partial charge in [-0.05, 0) is 25.0 Å². The van der Waals surface area contributed by atoms with E-state index < -0.39 is 0 Å². The van der Waals surface area contributed by atoms with Crippen LogP contribution in [0.4, 0.5) is 0 Å². The monoisotopic (exact) mass is 196 g/mol. The van der Waals surface area contributed by atoms with E-state index in [0.717, 1.165) is 16.9 Å². The molecule has 0 saturated heterocycles. The Morgan fingerprint density at radius 1 is 1.38 bits per heavy atom. The SMILES string of the molecule is CC[C@@H](C)OCc1ccccc1S. The molecule has 1 nitrogen and oxygen atoms in total. The van der Waals surface area contributed by atoms with Gasteiger partial charge < -0.3 is 4.74 Å². The average Bonchev–Trinajstić information content (AvgIpc) is 2.16. The van der Waals surface area contributed by atoms with Crippen molar-refractivity contribution in [3.63, 3.8) is 0 Å². The number of benzene rings is 1. The Balaban J connectivity index is 2.50. The molecule has 72 valence electrons. The van der Waals surface area contributed by atoms with Gasteiger partial charge in [0.15, 0.2) is 0 Å². The maximum Gasteiger partial charge on any atom is 0.0731 e. The number of rotatable bonds is 4. The second-order valence-corrected chi connectivity index (χ2v) is 3.64. The van der Waals surface area contributed by atoms with Crippen molar-refractivity contribution < 1.29 is 4.74 Å². The third-order valence-electron chi connectivity index (χ3n) is 2.09. The highest BCUT2D eigenvalue weighted by Gasteiger charge is 2.01. The average molecular weight is 196 g/mol. The Kier molecular flexibility index (Phi) is 4.33. The molecule has 0 fully saturated rings. The van der Waals surface area contributed by atoms with Gasteiger partial charge in [0.25, 0.3) is 0 Å². The van der Waals surface area contributed by atoms with Crippen LogP contribution in [-0.4, -0.2) is 6.10 Å². The molecule has 0 N–H and O–H groups in total. The summed E-state index contributed by atoms with van der Waals surface area (Å²) >= 11 is 4.35. The highest BCUT2D eigenvalue weighted by Crippen LogP contribution is 2.14. The van der Waals surface area contributed by atoms with Crippen molar-refractivity contribution in [3.8, 4) is 0 Å². The van der Waals surface area contributed by atoms with E-state index >= 15 is 0 Å². The Labute approximate surface area is 85.5 Å². The summed E-state index contributed by atoms with van der Waals surface area (Å²) in [5, 5.41) is 0. The lowest BCUT2D eigenvalue weighted by Gasteiger charge is -2.11. The van der Waals surface area contributed by atoms with E-state index in [1.54, 1.807) is 0 Å². The first-order chi connectivity index (χ1) is 6.24. The number of hydrogen-bond donors (Lipinski definition) is 1. The molecule has 2 heteroatoms. The molecule has 0 saturated carbocycles. The van der Waals surface area contributed by atoms with E-state index in [1.165, 1.54) is 0 Å². The maximum atomic E-state index is 5.61. The normalized spacial score (nSPS) is 12.8. The van der Waals surface area contributed by atoms with Crippen LogP contribution in [0.2, 0.25) is 0 Å².